The Bertz CT molecular complexity index is 352. The summed E-state index contributed by atoms with van der Waals surface area (Å²) < 4.78 is 0. The van der Waals surface area contributed by atoms with Gasteiger partial charge in [-0.1, -0.05) is 11.6 Å². The summed E-state index contributed by atoms with van der Waals surface area (Å²) in [7, 11) is 0. The van der Waals surface area contributed by atoms with Crippen LogP contribution in [-0.2, 0) is 0 Å². The Morgan fingerprint density at radius 3 is 2.75 bits per heavy atom. The van der Waals surface area contributed by atoms with Crippen molar-refractivity contribution in [2.75, 3.05) is 13.2 Å². The third-order valence-corrected chi connectivity index (χ3v) is 3.58. The number of aliphatic hydroxyl groups is 1. The van der Waals surface area contributed by atoms with Crippen LogP contribution in [0.2, 0.25) is 5.02 Å². The fourth-order valence-electron chi connectivity index (χ4n) is 1.41. The molecule has 0 bridgehead atoms. The lowest BCUT2D eigenvalue weighted by Gasteiger charge is -2.26. The number of carbonyl (C=O) groups excluding carboxylic acids is 1. The summed E-state index contributed by atoms with van der Waals surface area (Å²) in [5.41, 5.74) is 0. The number of nitrogens with zero attached hydrogens (tertiary/aromatic N) is 1. The molecule has 0 aliphatic rings. The first kappa shape index (κ1) is 13.5. The predicted octanol–water partition coefficient (Wildman–Crippen LogP) is 2.63. The molecule has 0 spiro atoms. The number of amides is 1. The molecule has 5 heteroatoms. The van der Waals surface area contributed by atoms with Crippen LogP contribution in [0.3, 0.4) is 0 Å². The van der Waals surface area contributed by atoms with E-state index in [1.165, 1.54) is 11.3 Å². The average molecular weight is 262 g/mol. The third kappa shape index (κ3) is 3.20. The summed E-state index contributed by atoms with van der Waals surface area (Å²) >= 11 is 7.28. The van der Waals surface area contributed by atoms with E-state index in [1.807, 2.05) is 13.8 Å². The van der Waals surface area contributed by atoms with Crippen LogP contribution in [0.1, 0.15) is 29.9 Å². The monoisotopic (exact) mass is 261 g/mol. The Morgan fingerprint density at radius 2 is 2.31 bits per heavy atom. The SMILES string of the molecule is CC(C)N(CCCO)C(=O)c1sccc1Cl. The van der Waals surface area contributed by atoms with E-state index in [0.29, 0.717) is 22.9 Å². The van der Waals surface area contributed by atoms with Crippen molar-refractivity contribution < 1.29 is 9.90 Å². The van der Waals surface area contributed by atoms with E-state index in [0.717, 1.165) is 0 Å². The number of carbonyl (C=O) groups is 1. The molecule has 16 heavy (non-hydrogen) atoms. The van der Waals surface area contributed by atoms with E-state index in [9.17, 15) is 4.79 Å². The van der Waals surface area contributed by atoms with E-state index in [4.69, 9.17) is 16.7 Å². The zero-order valence-electron chi connectivity index (χ0n) is 9.44. The minimum absolute atomic E-state index is 0.0524. The van der Waals surface area contributed by atoms with Crippen LogP contribution in [0.4, 0.5) is 0 Å². The van der Waals surface area contributed by atoms with Crippen LogP contribution in [0.25, 0.3) is 0 Å². The predicted molar refractivity (Wildman–Crippen MR) is 67.2 cm³/mol. The van der Waals surface area contributed by atoms with Gasteiger partial charge in [0.2, 0.25) is 0 Å². The van der Waals surface area contributed by atoms with Gasteiger partial charge < -0.3 is 10.0 Å². The van der Waals surface area contributed by atoms with Crippen molar-refractivity contribution in [2.45, 2.75) is 26.3 Å². The lowest BCUT2D eigenvalue weighted by molar-refractivity contribution is 0.0698. The number of hydrogen-bond donors (Lipinski definition) is 1. The van der Waals surface area contributed by atoms with Crippen molar-refractivity contribution in [3.05, 3.63) is 21.3 Å². The largest absolute Gasteiger partial charge is 0.396 e. The van der Waals surface area contributed by atoms with E-state index in [1.54, 1.807) is 16.3 Å². The molecule has 90 valence electrons. The van der Waals surface area contributed by atoms with Gasteiger partial charge in [0.1, 0.15) is 4.88 Å². The van der Waals surface area contributed by atoms with Crippen molar-refractivity contribution in [3.63, 3.8) is 0 Å². The zero-order valence-corrected chi connectivity index (χ0v) is 11.0. The Labute approximate surface area is 105 Å². The molecule has 1 rings (SSSR count). The van der Waals surface area contributed by atoms with E-state index >= 15 is 0 Å². The van der Waals surface area contributed by atoms with Gasteiger partial charge in [-0.05, 0) is 31.7 Å². The number of halogens is 1. The molecular formula is C11H16ClNO2S. The molecule has 0 saturated carbocycles. The van der Waals surface area contributed by atoms with Crippen molar-refractivity contribution in [2.24, 2.45) is 0 Å². The molecule has 0 aliphatic heterocycles. The van der Waals surface area contributed by atoms with Crippen LogP contribution in [0.5, 0.6) is 0 Å². The maximum atomic E-state index is 12.1. The van der Waals surface area contributed by atoms with E-state index in [-0.39, 0.29) is 18.6 Å². The van der Waals surface area contributed by atoms with E-state index < -0.39 is 0 Å². The van der Waals surface area contributed by atoms with Gasteiger partial charge in [0.05, 0.1) is 5.02 Å². The highest BCUT2D eigenvalue weighted by atomic mass is 35.5. The first-order chi connectivity index (χ1) is 7.57. The fraction of sp³-hybridized carbons (Fsp3) is 0.545. The van der Waals surface area contributed by atoms with Crippen LogP contribution >= 0.6 is 22.9 Å². The molecule has 3 nitrogen and oxygen atoms in total. The molecule has 1 aromatic rings. The molecule has 0 aromatic carbocycles. The normalized spacial score (nSPS) is 10.8. The third-order valence-electron chi connectivity index (χ3n) is 2.25. The number of rotatable bonds is 5. The number of hydrogen-bond acceptors (Lipinski definition) is 3. The quantitative estimate of drug-likeness (QED) is 0.885. The fourth-order valence-corrected chi connectivity index (χ4v) is 2.50. The second kappa shape index (κ2) is 6.23. The summed E-state index contributed by atoms with van der Waals surface area (Å²) in [6.07, 6.45) is 0.590. The van der Waals surface area contributed by atoms with Crippen LogP contribution in [0, 0.1) is 0 Å². The summed E-state index contributed by atoms with van der Waals surface area (Å²) in [5, 5.41) is 11.1. The maximum Gasteiger partial charge on any atom is 0.265 e. The van der Waals surface area contributed by atoms with Gasteiger partial charge >= 0.3 is 0 Å². The van der Waals surface area contributed by atoms with Crippen LogP contribution in [-0.4, -0.2) is 35.1 Å². The van der Waals surface area contributed by atoms with Gasteiger partial charge in [-0.15, -0.1) is 11.3 Å². The topological polar surface area (TPSA) is 40.5 Å². The van der Waals surface area contributed by atoms with Gasteiger partial charge in [-0.25, -0.2) is 0 Å². The van der Waals surface area contributed by atoms with Gasteiger partial charge in [0, 0.05) is 19.2 Å². The second-order valence-corrected chi connectivity index (χ2v) is 5.09. The highest BCUT2D eigenvalue weighted by Gasteiger charge is 2.21. The highest BCUT2D eigenvalue weighted by Crippen LogP contribution is 2.24. The first-order valence-corrected chi connectivity index (χ1v) is 6.48. The standard InChI is InChI=1S/C11H16ClNO2S/c1-8(2)13(5-3-6-14)11(15)10-9(12)4-7-16-10/h4,7-8,14H,3,5-6H2,1-2H3. The second-order valence-electron chi connectivity index (χ2n) is 3.77. The smallest absolute Gasteiger partial charge is 0.265 e. The summed E-state index contributed by atoms with van der Waals surface area (Å²) in [6.45, 7) is 4.56. The van der Waals surface area contributed by atoms with Crippen molar-refractivity contribution in [1.29, 1.82) is 0 Å². The maximum absolute atomic E-state index is 12.1. The van der Waals surface area contributed by atoms with Gasteiger partial charge in [-0.3, -0.25) is 4.79 Å². The lowest BCUT2D eigenvalue weighted by atomic mass is 10.2. The van der Waals surface area contributed by atoms with Gasteiger partial charge in [-0.2, -0.15) is 0 Å². The molecule has 1 N–H and O–H groups in total. The first-order valence-electron chi connectivity index (χ1n) is 5.22. The molecule has 1 aromatic heterocycles. The summed E-state index contributed by atoms with van der Waals surface area (Å²) in [5.74, 6) is -0.0524. The lowest BCUT2D eigenvalue weighted by Crippen LogP contribution is -2.37. The molecule has 1 amide bonds. The Morgan fingerprint density at radius 1 is 1.62 bits per heavy atom. The number of aliphatic hydroxyl groups excluding tert-OH is 1. The Kier molecular flexibility index (Phi) is 5.25. The Hall–Kier alpha value is -0.580. The van der Waals surface area contributed by atoms with Crippen molar-refractivity contribution in [1.82, 2.24) is 4.90 Å². The van der Waals surface area contributed by atoms with Crippen LogP contribution in [0.15, 0.2) is 11.4 Å². The minimum atomic E-state index is -0.0524. The summed E-state index contributed by atoms with van der Waals surface area (Å²) in [6, 6.07) is 1.83. The number of thiophene rings is 1. The molecule has 0 radical (unpaired) electrons. The highest BCUT2D eigenvalue weighted by molar-refractivity contribution is 7.12. The van der Waals surface area contributed by atoms with Crippen molar-refractivity contribution >= 4 is 28.8 Å². The Balaban J connectivity index is 2.79. The molecule has 1 heterocycles. The molecule has 0 aliphatic carbocycles. The van der Waals surface area contributed by atoms with Crippen LogP contribution < -0.4 is 0 Å². The molecule has 0 atom stereocenters. The zero-order chi connectivity index (χ0) is 12.1. The average Bonchev–Trinajstić information content (AvgIpc) is 2.64. The van der Waals surface area contributed by atoms with Gasteiger partial charge in [0.15, 0.2) is 0 Å². The molecule has 0 saturated heterocycles. The van der Waals surface area contributed by atoms with Gasteiger partial charge in [0.25, 0.3) is 5.91 Å². The minimum Gasteiger partial charge on any atom is -0.396 e. The van der Waals surface area contributed by atoms with Crippen molar-refractivity contribution in [3.8, 4) is 0 Å². The summed E-state index contributed by atoms with van der Waals surface area (Å²) in [4.78, 5) is 14.5. The molecule has 0 unspecified atom stereocenters. The molecule has 0 fully saturated rings. The molecular weight excluding hydrogens is 246 g/mol. The van der Waals surface area contributed by atoms with E-state index in [2.05, 4.69) is 0 Å².